The van der Waals surface area contributed by atoms with Crippen LogP contribution < -0.4 is 15.4 Å². The van der Waals surface area contributed by atoms with Crippen LogP contribution in [0.25, 0.3) is 0 Å². The standard InChI is InChI=1S/C26H22FN5O2/c1-17-23(25(33)31-20-7-3-2-4-8-20)24(32-26(30-17)28-16-29-32)21-9-5-6-10-22(21)34-15-18-11-13-19(27)14-12-18/h2-14,16,24H,15H2,1H3,(H,31,33)(H,28,29,30). The molecule has 0 radical (unpaired) electrons. The number of benzene rings is 3. The van der Waals surface area contributed by atoms with Gasteiger partial charge in [-0.05, 0) is 42.8 Å². The molecule has 1 atom stereocenters. The third-order valence-electron chi connectivity index (χ3n) is 5.59. The molecule has 7 nitrogen and oxygen atoms in total. The fourth-order valence-corrected chi connectivity index (χ4v) is 3.97. The van der Waals surface area contributed by atoms with Gasteiger partial charge in [0.2, 0.25) is 5.95 Å². The van der Waals surface area contributed by atoms with Crippen LogP contribution in [0.4, 0.5) is 16.0 Å². The molecule has 1 aromatic heterocycles. The van der Waals surface area contributed by atoms with Gasteiger partial charge in [0.15, 0.2) is 0 Å². The van der Waals surface area contributed by atoms with Crippen LogP contribution in [0, 0.1) is 5.82 Å². The summed E-state index contributed by atoms with van der Waals surface area (Å²) < 4.78 is 21.1. The Labute approximate surface area is 195 Å². The lowest BCUT2D eigenvalue weighted by molar-refractivity contribution is -0.113. The minimum atomic E-state index is -0.563. The molecule has 34 heavy (non-hydrogen) atoms. The SMILES string of the molecule is CC1=C(C(=O)Nc2ccccc2)C(c2ccccc2OCc2ccc(F)cc2)n2ncnc2N1. The van der Waals surface area contributed by atoms with Gasteiger partial charge < -0.3 is 15.4 Å². The first kappa shape index (κ1) is 21.4. The summed E-state index contributed by atoms with van der Waals surface area (Å²) in [6.45, 7) is 2.09. The molecule has 0 aliphatic carbocycles. The summed E-state index contributed by atoms with van der Waals surface area (Å²) in [6, 6.07) is 22.4. The predicted octanol–water partition coefficient (Wildman–Crippen LogP) is 4.92. The maximum absolute atomic E-state index is 13.5. The van der Waals surface area contributed by atoms with Crippen LogP contribution in [0.3, 0.4) is 0 Å². The van der Waals surface area contributed by atoms with Crippen LogP contribution in [0.5, 0.6) is 5.75 Å². The number of hydrogen-bond acceptors (Lipinski definition) is 5. The number of allylic oxidation sites excluding steroid dienone is 1. The molecule has 0 saturated heterocycles. The molecule has 8 heteroatoms. The number of aromatic nitrogens is 3. The highest BCUT2D eigenvalue weighted by molar-refractivity contribution is 6.06. The van der Waals surface area contributed by atoms with Crippen molar-refractivity contribution in [2.24, 2.45) is 0 Å². The van der Waals surface area contributed by atoms with Crippen LogP contribution in [0.2, 0.25) is 0 Å². The van der Waals surface area contributed by atoms with Gasteiger partial charge in [-0.25, -0.2) is 9.07 Å². The Bertz CT molecular complexity index is 1350. The molecule has 170 valence electrons. The molecule has 0 fully saturated rings. The summed E-state index contributed by atoms with van der Waals surface area (Å²) in [6.07, 6.45) is 1.45. The van der Waals surface area contributed by atoms with E-state index in [1.165, 1.54) is 18.5 Å². The summed E-state index contributed by atoms with van der Waals surface area (Å²) in [4.78, 5) is 17.8. The van der Waals surface area contributed by atoms with E-state index in [0.717, 1.165) is 11.1 Å². The highest BCUT2D eigenvalue weighted by atomic mass is 19.1. The number of hydrogen-bond donors (Lipinski definition) is 2. The first-order chi connectivity index (χ1) is 16.6. The highest BCUT2D eigenvalue weighted by Gasteiger charge is 2.35. The van der Waals surface area contributed by atoms with Crippen molar-refractivity contribution in [3.05, 3.63) is 113 Å². The molecule has 0 saturated carbocycles. The van der Waals surface area contributed by atoms with Gasteiger partial charge in [-0.2, -0.15) is 10.1 Å². The summed E-state index contributed by atoms with van der Waals surface area (Å²) in [7, 11) is 0. The molecule has 2 heterocycles. The zero-order chi connectivity index (χ0) is 23.5. The van der Waals surface area contributed by atoms with Gasteiger partial charge in [0.25, 0.3) is 5.91 Å². The number of nitrogens with zero attached hydrogens (tertiary/aromatic N) is 3. The number of carbonyl (C=O) groups is 1. The number of para-hydroxylation sites is 2. The van der Waals surface area contributed by atoms with Crippen molar-refractivity contribution in [2.75, 3.05) is 10.6 Å². The molecular weight excluding hydrogens is 433 g/mol. The van der Waals surface area contributed by atoms with Crippen LogP contribution in [-0.2, 0) is 11.4 Å². The number of anilines is 2. The van der Waals surface area contributed by atoms with Crippen LogP contribution >= 0.6 is 0 Å². The Kier molecular flexibility index (Phi) is 5.78. The lowest BCUT2D eigenvalue weighted by Crippen LogP contribution is -2.31. The molecule has 0 spiro atoms. The first-order valence-corrected chi connectivity index (χ1v) is 10.8. The molecule has 2 N–H and O–H groups in total. The third kappa shape index (κ3) is 4.25. The topological polar surface area (TPSA) is 81.1 Å². The van der Waals surface area contributed by atoms with Crippen molar-refractivity contribution in [1.82, 2.24) is 14.8 Å². The minimum absolute atomic E-state index is 0.251. The van der Waals surface area contributed by atoms with Gasteiger partial charge in [-0.15, -0.1) is 0 Å². The van der Waals surface area contributed by atoms with Crippen molar-refractivity contribution < 1.29 is 13.9 Å². The Morgan fingerprint density at radius 1 is 1.06 bits per heavy atom. The number of nitrogens with one attached hydrogen (secondary N) is 2. The lowest BCUT2D eigenvalue weighted by Gasteiger charge is -2.29. The zero-order valence-electron chi connectivity index (χ0n) is 18.4. The van der Waals surface area contributed by atoms with E-state index in [9.17, 15) is 9.18 Å². The van der Waals surface area contributed by atoms with Crippen molar-refractivity contribution in [1.29, 1.82) is 0 Å². The van der Waals surface area contributed by atoms with Crippen molar-refractivity contribution in [2.45, 2.75) is 19.6 Å². The van der Waals surface area contributed by atoms with Crippen molar-refractivity contribution in [3.63, 3.8) is 0 Å². The van der Waals surface area contributed by atoms with Crippen molar-refractivity contribution in [3.8, 4) is 5.75 Å². The lowest BCUT2D eigenvalue weighted by atomic mass is 9.94. The molecule has 5 rings (SSSR count). The Balaban J connectivity index is 1.51. The van der Waals surface area contributed by atoms with Gasteiger partial charge in [0.05, 0.1) is 5.57 Å². The molecule has 3 aromatic carbocycles. The van der Waals surface area contributed by atoms with Gasteiger partial charge >= 0.3 is 0 Å². The number of carbonyl (C=O) groups excluding carboxylic acids is 1. The van der Waals surface area contributed by atoms with E-state index < -0.39 is 6.04 Å². The Hall–Kier alpha value is -4.46. The maximum Gasteiger partial charge on any atom is 0.255 e. The van der Waals surface area contributed by atoms with Crippen LogP contribution in [0.1, 0.15) is 24.1 Å². The van der Waals surface area contributed by atoms with E-state index >= 15 is 0 Å². The summed E-state index contributed by atoms with van der Waals surface area (Å²) in [5.74, 6) is 0.577. The second-order valence-corrected chi connectivity index (χ2v) is 7.87. The number of fused-ring (bicyclic) bond motifs is 1. The molecule has 0 bridgehead atoms. The summed E-state index contributed by atoms with van der Waals surface area (Å²) in [5, 5.41) is 10.5. The molecule has 1 aliphatic heterocycles. The smallest absolute Gasteiger partial charge is 0.255 e. The van der Waals surface area contributed by atoms with E-state index in [4.69, 9.17) is 4.74 Å². The fraction of sp³-hybridized carbons (Fsp3) is 0.115. The quantitative estimate of drug-likeness (QED) is 0.431. The van der Waals surface area contributed by atoms with E-state index in [1.807, 2.05) is 61.5 Å². The normalized spacial score (nSPS) is 14.8. The maximum atomic E-state index is 13.5. The number of rotatable bonds is 6. The second kappa shape index (κ2) is 9.19. The van der Waals surface area contributed by atoms with Crippen LogP contribution in [-0.4, -0.2) is 20.7 Å². The van der Waals surface area contributed by atoms with Gasteiger partial charge in [0, 0.05) is 16.9 Å². The van der Waals surface area contributed by atoms with E-state index in [2.05, 4.69) is 20.7 Å². The zero-order valence-corrected chi connectivity index (χ0v) is 18.4. The van der Waals surface area contributed by atoms with Gasteiger partial charge in [0.1, 0.15) is 30.5 Å². The first-order valence-electron chi connectivity index (χ1n) is 10.8. The van der Waals surface area contributed by atoms with E-state index in [0.29, 0.717) is 28.7 Å². The van der Waals surface area contributed by atoms with Crippen LogP contribution in [0.15, 0.2) is 96.5 Å². The van der Waals surface area contributed by atoms with E-state index in [1.54, 1.807) is 16.8 Å². The number of ether oxygens (including phenoxy) is 1. The summed E-state index contributed by atoms with van der Waals surface area (Å²) >= 11 is 0. The predicted molar refractivity (Wildman–Crippen MR) is 127 cm³/mol. The largest absolute Gasteiger partial charge is 0.489 e. The minimum Gasteiger partial charge on any atom is -0.489 e. The Morgan fingerprint density at radius 2 is 1.79 bits per heavy atom. The van der Waals surface area contributed by atoms with E-state index in [-0.39, 0.29) is 18.3 Å². The molecule has 4 aromatic rings. The average molecular weight is 455 g/mol. The molecule has 1 amide bonds. The van der Waals surface area contributed by atoms with Crippen molar-refractivity contribution >= 4 is 17.5 Å². The Morgan fingerprint density at radius 3 is 2.59 bits per heavy atom. The number of halogens is 1. The van der Waals surface area contributed by atoms with Gasteiger partial charge in [-0.1, -0.05) is 48.5 Å². The molecule has 1 unspecified atom stereocenters. The number of amides is 1. The monoisotopic (exact) mass is 455 g/mol. The summed E-state index contributed by atoms with van der Waals surface area (Å²) in [5.41, 5.74) is 3.45. The highest BCUT2D eigenvalue weighted by Crippen LogP contribution is 2.39. The molecule has 1 aliphatic rings. The second-order valence-electron chi connectivity index (χ2n) is 7.87. The third-order valence-corrected chi connectivity index (χ3v) is 5.59. The van der Waals surface area contributed by atoms with Gasteiger partial charge in [-0.3, -0.25) is 4.79 Å². The fourth-order valence-electron chi connectivity index (χ4n) is 3.97. The average Bonchev–Trinajstić information content (AvgIpc) is 3.32. The molecular formula is C26H22FN5O2.